The Kier molecular flexibility index (Phi) is 3.90. The van der Waals surface area contributed by atoms with Crippen LogP contribution < -0.4 is 11.1 Å². The van der Waals surface area contributed by atoms with Gasteiger partial charge in [-0.15, -0.1) is 0 Å². The minimum Gasteiger partial charge on any atom is -0.389 e. The summed E-state index contributed by atoms with van der Waals surface area (Å²) >= 11 is 8.59. The maximum atomic E-state index is 5.82. The number of rotatable bonds is 3. The molecule has 21 heavy (non-hydrogen) atoms. The van der Waals surface area contributed by atoms with Gasteiger partial charge in [-0.25, -0.2) is 0 Å². The zero-order valence-corrected chi connectivity index (χ0v) is 13.5. The molecule has 2 nitrogen and oxygen atoms in total. The zero-order valence-electron chi connectivity index (χ0n) is 11.1. The van der Waals surface area contributed by atoms with Crippen LogP contribution in [-0.2, 0) is 0 Å². The van der Waals surface area contributed by atoms with Crippen molar-refractivity contribution >= 4 is 55.3 Å². The van der Waals surface area contributed by atoms with E-state index in [-0.39, 0.29) is 0 Å². The lowest BCUT2D eigenvalue weighted by Gasteiger charge is -2.13. The Morgan fingerprint density at radius 2 is 1.71 bits per heavy atom. The van der Waals surface area contributed by atoms with Gasteiger partial charge in [0.1, 0.15) is 4.99 Å². The van der Waals surface area contributed by atoms with Crippen molar-refractivity contribution in [2.45, 2.75) is 0 Å². The summed E-state index contributed by atoms with van der Waals surface area (Å²) < 4.78 is 0.953. The number of hydrogen-bond donors (Lipinski definition) is 2. The lowest BCUT2D eigenvalue weighted by Crippen LogP contribution is -2.12. The average Bonchev–Trinajstić information content (AvgIpc) is 2.49. The molecule has 0 aliphatic heterocycles. The monoisotopic (exact) mass is 356 g/mol. The molecule has 3 aromatic carbocycles. The van der Waals surface area contributed by atoms with Gasteiger partial charge in [-0.1, -0.05) is 64.5 Å². The predicted octanol–water partition coefficient (Wildman–Crippen LogP) is 4.98. The van der Waals surface area contributed by atoms with Gasteiger partial charge >= 0.3 is 0 Å². The third-order valence-corrected chi connectivity index (χ3v) is 4.02. The van der Waals surface area contributed by atoms with Crippen molar-refractivity contribution in [2.75, 3.05) is 5.32 Å². The number of hydrogen-bond acceptors (Lipinski definition) is 2. The lowest BCUT2D eigenvalue weighted by atomic mass is 10.1. The first-order valence-electron chi connectivity index (χ1n) is 6.49. The van der Waals surface area contributed by atoms with E-state index < -0.39 is 0 Å². The van der Waals surface area contributed by atoms with E-state index in [1.54, 1.807) is 0 Å². The fraction of sp³-hybridized carbons (Fsp3) is 0. The number of nitrogens with two attached hydrogens (primary N) is 1. The van der Waals surface area contributed by atoms with Crippen molar-refractivity contribution in [2.24, 2.45) is 5.73 Å². The van der Waals surface area contributed by atoms with Gasteiger partial charge < -0.3 is 11.1 Å². The normalized spacial score (nSPS) is 10.5. The molecule has 104 valence electrons. The quantitative estimate of drug-likeness (QED) is 0.650. The third kappa shape index (κ3) is 2.91. The van der Waals surface area contributed by atoms with Crippen LogP contribution in [0.5, 0.6) is 0 Å². The smallest absolute Gasteiger partial charge is 0.106 e. The van der Waals surface area contributed by atoms with Crippen molar-refractivity contribution in [1.82, 2.24) is 0 Å². The molecule has 0 unspecified atom stereocenters. The minimum absolute atomic E-state index is 0.374. The summed E-state index contributed by atoms with van der Waals surface area (Å²) in [4.78, 5) is 0.374. The molecule has 3 rings (SSSR count). The van der Waals surface area contributed by atoms with Crippen LogP contribution in [-0.4, -0.2) is 4.99 Å². The van der Waals surface area contributed by atoms with Gasteiger partial charge in [0.2, 0.25) is 0 Å². The van der Waals surface area contributed by atoms with Crippen LogP contribution in [0.25, 0.3) is 10.8 Å². The SMILES string of the molecule is NC(=S)c1cc(Br)ccc1Nc1cccc2ccccc12. The van der Waals surface area contributed by atoms with Crippen LogP contribution in [0.2, 0.25) is 0 Å². The Labute approximate surface area is 137 Å². The first kappa shape index (κ1) is 14.0. The summed E-state index contributed by atoms with van der Waals surface area (Å²) in [6, 6.07) is 20.3. The van der Waals surface area contributed by atoms with E-state index in [0.29, 0.717) is 4.99 Å². The highest BCUT2D eigenvalue weighted by atomic mass is 79.9. The second-order valence-electron chi connectivity index (χ2n) is 4.71. The minimum atomic E-state index is 0.374. The molecule has 0 atom stereocenters. The van der Waals surface area contributed by atoms with Gasteiger partial charge in [-0.05, 0) is 29.7 Å². The standard InChI is InChI=1S/C17H13BrN2S/c18-12-8-9-16(14(10-12)17(19)21)20-15-7-3-5-11-4-1-2-6-13(11)15/h1-10,20H,(H2,19,21). The number of fused-ring (bicyclic) bond motifs is 1. The molecule has 0 amide bonds. The Morgan fingerprint density at radius 3 is 2.52 bits per heavy atom. The molecular weight excluding hydrogens is 344 g/mol. The molecule has 0 bridgehead atoms. The first-order chi connectivity index (χ1) is 10.1. The van der Waals surface area contributed by atoms with Crippen LogP contribution in [0.4, 0.5) is 11.4 Å². The number of thiocarbonyl (C=S) groups is 1. The highest BCUT2D eigenvalue weighted by Gasteiger charge is 2.08. The molecule has 0 spiro atoms. The molecule has 3 N–H and O–H groups in total. The summed E-state index contributed by atoms with van der Waals surface area (Å²) in [6.07, 6.45) is 0. The van der Waals surface area contributed by atoms with Gasteiger partial charge in [0.25, 0.3) is 0 Å². The summed E-state index contributed by atoms with van der Waals surface area (Å²) in [5.74, 6) is 0. The van der Waals surface area contributed by atoms with Crippen molar-refractivity contribution in [3.05, 3.63) is 70.7 Å². The molecule has 0 fully saturated rings. The van der Waals surface area contributed by atoms with Crippen LogP contribution in [0.1, 0.15) is 5.56 Å². The van der Waals surface area contributed by atoms with Crippen molar-refractivity contribution in [3.63, 3.8) is 0 Å². The number of anilines is 2. The van der Waals surface area contributed by atoms with Crippen molar-refractivity contribution in [1.29, 1.82) is 0 Å². The Hall–Kier alpha value is -1.91. The van der Waals surface area contributed by atoms with E-state index in [0.717, 1.165) is 26.8 Å². The molecule has 0 radical (unpaired) electrons. The molecular formula is C17H13BrN2S. The number of benzene rings is 3. The summed E-state index contributed by atoms with van der Waals surface area (Å²) in [6.45, 7) is 0. The maximum absolute atomic E-state index is 5.82. The molecule has 0 aliphatic rings. The van der Waals surface area contributed by atoms with Crippen LogP contribution >= 0.6 is 28.1 Å². The Bertz CT molecular complexity index is 825. The highest BCUT2D eigenvalue weighted by molar-refractivity contribution is 9.10. The second-order valence-corrected chi connectivity index (χ2v) is 6.06. The predicted molar refractivity (Wildman–Crippen MR) is 97.3 cm³/mol. The van der Waals surface area contributed by atoms with Crippen LogP contribution in [0.15, 0.2) is 65.1 Å². The average molecular weight is 357 g/mol. The van der Waals surface area contributed by atoms with Gasteiger partial charge in [0.05, 0.1) is 0 Å². The van der Waals surface area contributed by atoms with E-state index >= 15 is 0 Å². The van der Waals surface area contributed by atoms with Gasteiger partial charge in [-0.3, -0.25) is 0 Å². The summed E-state index contributed by atoms with van der Waals surface area (Å²) in [7, 11) is 0. The van der Waals surface area contributed by atoms with Gasteiger partial charge in [-0.2, -0.15) is 0 Å². The fourth-order valence-electron chi connectivity index (χ4n) is 2.31. The lowest BCUT2D eigenvalue weighted by molar-refractivity contribution is 1.52. The molecule has 3 aromatic rings. The molecule has 0 saturated carbocycles. The third-order valence-electron chi connectivity index (χ3n) is 3.31. The maximum Gasteiger partial charge on any atom is 0.106 e. The van der Waals surface area contributed by atoms with Gasteiger partial charge in [0, 0.05) is 26.8 Å². The van der Waals surface area contributed by atoms with E-state index in [4.69, 9.17) is 18.0 Å². The molecule has 0 saturated heterocycles. The van der Waals surface area contributed by atoms with E-state index in [1.165, 1.54) is 5.39 Å². The molecule has 0 aliphatic carbocycles. The topological polar surface area (TPSA) is 38.0 Å². The summed E-state index contributed by atoms with van der Waals surface area (Å²) in [5, 5.41) is 5.79. The van der Waals surface area contributed by atoms with Crippen molar-refractivity contribution < 1.29 is 0 Å². The van der Waals surface area contributed by atoms with Gasteiger partial charge in [0.15, 0.2) is 0 Å². The van der Waals surface area contributed by atoms with Crippen LogP contribution in [0.3, 0.4) is 0 Å². The van der Waals surface area contributed by atoms with Crippen molar-refractivity contribution in [3.8, 4) is 0 Å². The first-order valence-corrected chi connectivity index (χ1v) is 7.69. The van der Waals surface area contributed by atoms with Crippen LogP contribution in [0, 0.1) is 0 Å². The molecule has 0 heterocycles. The zero-order chi connectivity index (χ0) is 14.8. The summed E-state index contributed by atoms with van der Waals surface area (Å²) in [5.41, 5.74) is 8.59. The second kappa shape index (κ2) is 5.84. The fourth-order valence-corrected chi connectivity index (χ4v) is 2.84. The Balaban J connectivity index is 2.09. The largest absolute Gasteiger partial charge is 0.389 e. The molecule has 4 heteroatoms. The van der Waals surface area contributed by atoms with E-state index in [9.17, 15) is 0 Å². The van der Waals surface area contributed by atoms with E-state index in [2.05, 4.69) is 39.4 Å². The Morgan fingerprint density at radius 1 is 0.952 bits per heavy atom. The highest BCUT2D eigenvalue weighted by Crippen LogP contribution is 2.29. The number of halogens is 1. The number of nitrogens with one attached hydrogen (secondary N) is 1. The van der Waals surface area contributed by atoms with E-state index in [1.807, 2.05) is 42.5 Å². The molecule has 0 aromatic heterocycles.